The molecular weight excluding hydrogens is 292 g/mol. The van der Waals surface area contributed by atoms with Crippen LogP contribution in [-0.2, 0) is 17.8 Å². The van der Waals surface area contributed by atoms with E-state index in [0.29, 0.717) is 25.2 Å². The maximum absolute atomic E-state index is 12.3. The molecule has 0 aliphatic carbocycles. The van der Waals surface area contributed by atoms with Gasteiger partial charge in [-0.05, 0) is 32.1 Å². The van der Waals surface area contributed by atoms with Crippen molar-refractivity contribution in [3.8, 4) is 0 Å². The molecule has 6 nitrogen and oxygen atoms in total. The van der Waals surface area contributed by atoms with Crippen LogP contribution in [0.1, 0.15) is 57.2 Å². The third kappa shape index (κ3) is 4.56. The molecule has 1 atom stereocenters. The Morgan fingerprint density at radius 1 is 1.39 bits per heavy atom. The van der Waals surface area contributed by atoms with E-state index >= 15 is 0 Å². The Bertz CT molecular complexity index is 584. The zero-order valence-corrected chi connectivity index (χ0v) is 14.8. The fraction of sp³-hybridized carbons (Fsp3) is 0.706. The van der Waals surface area contributed by atoms with Crippen LogP contribution in [0, 0.1) is 11.3 Å². The van der Waals surface area contributed by atoms with Gasteiger partial charge in [-0.25, -0.2) is 4.98 Å². The van der Waals surface area contributed by atoms with Gasteiger partial charge in [-0.15, -0.1) is 0 Å². The first-order valence-electron chi connectivity index (χ1n) is 8.30. The lowest BCUT2D eigenvalue weighted by Gasteiger charge is -2.25. The molecule has 0 bridgehead atoms. The van der Waals surface area contributed by atoms with Crippen molar-refractivity contribution in [2.75, 3.05) is 6.54 Å². The van der Waals surface area contributed by atoms with E-state index in [9.17, 15) is 9.59 Å². The summed E-state index contributed by atoms with van der Waals surface area (Å²) < 4.78 is 1.94. The summed E-state index contributed by atoms with van der Waals surface area (Å²) in [6, 6.07) is 0.144. The highest BCUT2D eigenvalue weighted by atomic mass is 16.2. The van der Waals surface area contributed by atoms with Crippen molar-refractivity contribution >= 4 is 11.8 Å². The van der Waals surface area contributed by atoms with Crippen LogP contribution >= 0.6 is 0 Å². The molecule has 2 rings (SSSR count). The van der Waals surface area contributed by atoms with E-state index in [0.717, 1.165) is 12.1 Å². The largest absolute Gasteiger partial charge is 0.354 e. The van der Waals surface area contributed by atoms with Gasteiger partial charge in [0, 0.05) is 19.1 Å². The van der Waals surface area contributed by atoms with Gasteiger partial charge in [0.15, 0.2) is 0 Å². The molecule has 23 heavy (non-hydrogen) atoms. The Kier molecular flexibility index (Phi) is 5.12. The molecule has 0 radical (unpaired) electrons. The number of hydrogen-bond acceptors (Lipinski definition) is 3. The van der Waals surface area contributed by atoms with Gasteiger partial charge < -0.3 is 15.2 Å². The van der Waals surface area contributed by atoms with Crippen molar-refractivity contribution in [3.63, 3.8) is 0 Å². The molecule has 2 amide bonds. The monoisotopic (exact) mass is 320 g/mol. The second-order valence-electron chi connectivity index (χ2n) is 7.83. The van der Waals surface area contributed by atoms with Crippen molar-refractivity contribution in [2.45, 2.75) is 60.0 Å². The quantitative estimate of drug-likeness (QED) is 0.887. The molecule has 6 heteroatoms. The van der Waals surface area contributed by atoms with E-state index in [1.54, 1.807) is 6.33 Å². The summed E-state index contributed by atoms with van der Waals surface area (Å²) in [5.74, 6) is -0.0959. The van der Waals surface area contributed by atoms with Crippen LogP contribution < -0.4 is 10.6 Å². The molecule has 1 aromatic heterocycles. The Hall–Kier alpha value is -1.85. The SMILES string of the molecule is CC(C)NC(=O)C1CCc2c(C(=O)NCC(C)(C)C)ncn2C1. The molecule has 2 N–H and O–H groups in total. The van der Waals surface area contributed by atoms with Gasteiger partial charge in [-0.1, -0.05) is 20.8 Å². The lowest BCUT2D eigenvalue weighted by Crippen LogP contribution is -2.39. The minimum absolute atomic E-state index is 0.0372. The van der Waals surface area contributed by atoms with Crippen molar-refractivity contribution in [2.24, 2.45) is 11.3 Å². The number of carbonyl (C=O) groups is 2. The van der Waals surface area contributed by atoms with Gasteiger partial charge in [0.1, 0.15) is 5.69 Å². The molecular formula is C17H28N4O2. The lowest BCUT2D eigenvalue weighted by molar-refractivity contribution is -0.126. The molecule has 1 unspecified atom stereocenters. The summed E-state index contributed by atoms with van der Waals surface area (Å²) in [7, 11) is 0. The number of aromatic nitrogens is 2. The summed E-state index contributed by atoms with van der Waals surface area (Å²) in [6.07, 6.45) is 3.13. The third-order valence-corrected chi connectivity index (χ3v) is 3.89. The zero-order chi connectivity index (χ0) is 17.2. The molecule has 1 aromatic rings. The summed E-state index contributed by atoms with van der Waals surface area (Å²) in [4.78, 5) is 28.7. The maximum Gasteiger partial charge on any atom is 0.271 e. The number of fused-ring (bicyclic) bond motifs is 1. The Morgan fingerprint density at radius 3 is 2.70 bits per heavy atom. The number of imidazole rings is 1. The molecule has 1 aliphatic heterocycles. The molecule has 0 saturated carbocycles. The van der Waals surface area contributed by atoms with E-state index in [1.807, 2.05) is 18.4 Å². The third-order valence-electron chi connectivity index (χ3n) is 3.89. The maximum atomic E-state index is 12.3. The van der Waals surface area contributed by atoms with Crippen molar-refractivity contribution in [1.29, 1.82) is 0 Å². The summed E-state index contributed by atoms with van der Waals surface area (Å²) in [5.41, 5.74) is 1.47. The predicted octanol–water partition coefficient (Wildman–Crippen LogP) is 1.75. The van der Waals surface area contributed by atoms with Crippen LogP contribution in [0.5, 0.6) is 0 Å². The van der Waals surface area contributed by atoms with Crippen LogP contribution in [0.25, 0.3) is 0 Å². The highest BCUT2D eigenvalue weighted by Gasteiger charge is 2.29. The average molecular weight is 320 g/mol. The first-order chi connectivity index (χ1) is 10.7. The van der Waals surface area contributed by atoms with Crippen molar-refractivity contribution in [1.82, 2.24) is 20.2 Å². The summed E-state index contributed by atoms with van der Waals surface area (Å²) >= 11 is 0. The van der Waals surface area contributed by atoms with E-state index in [2.05, 4.69) is 36.4 Å². The second-order valence-corrected chi connectivity index (χ2v) is 7.83. The van der Waals surface area contributed by atoms with Gasteiger partial charge in [0.25, 0.3) is 5.91 Å². The summed E-state index contributed by atoms with van der Waals surface area (Å²) in [5, 5.41) is 5.90. The van der Waals surface area contributed by atoms with E-state index in [-0.39, 0.29) is 29.2 Å². The number of nitrogens with zero attached hydrogens (tertiary/aromatic N) is 2. The first-order valence-corrected chi connectivity index (χ1v) is 8.30. The van der Waals surface area contributed by atoms with Crippen LogP contribution in [0.3, 0.4) is 0 Å². The Labute approximate surface area is 138 Å². The second kappa shape index (κ2) is 6.72. The van der Waals surface area contributed by atoms with Gasteiger partial charge in [0.05, 0.1) is 17.9 Å². The fourth-order valence-electron chi connectivity index (χ4n) is 2.70. The molecule has 1 aliphatic rings. The number of carbonyl (C=O) groups excluding carboxylic acids is 2. The zero-order valence-electron chi connectivity index (χ0n) is 14.8. The molecule has 0 saturated heterocycles. The van der Waals surface area contributed by atoms with Gasteiger partial charge >= 0.3 is 0 Å². The lowest BCUT2D eigenvalue weighted by atomic mass is 9.95. The number of amides is 2. The smallest absolute Gasteiger partial charge is 0.271 e. The number of hydrogen-bond donors (Lipinski definition) is 2. The topological polar surface area (TPSA) is 76.0 Å². The van der Waals surface area contributed by atoms with Crippen LogP contribution in [-0.4, -0.2) is 34.0 Å². The standard InChI is InChI=1S/C17H28N4O2/c1-11(2)20-15(22)12-6-7-13-14(19-10-21(13)8-12)16(23)18-9-17(3,4)5/h10-12H,6-9H2,1-5H3,(H,18,23)(H,20,22). The Morgan fingerprint density at radius 2 is 2.09 bits per heavy atom. The summed E-state index contributed by atoms with van der Waals surface area (Å²) in [6.45, 7) is 11.3. The number of rotatable bonds is 4. The van der Waals surface area contributed by atoms with Crippen LogP contribution in [0.2, 0.25) is 0 Å². The molecule has 2 heterocycles. The van der Waals surface area contributed by atoms with Crippen LogP contribution in [0.4, 0.5) is 0 Å². The molecule has 0 spiro atoms. The Balaban J connectivity index is 2.03. The van der Waals surface area contributed by atoms with E-state index < -0.39 is 0 Å². The van der Waals surface area contributed by atoms with Crippen molar-refractivity contribution < 1.29 is 9.59 Å². The van der Waals surface area contributed by atoms with E-state index in [4.69, 9.17) is 0 Å². The predicted molar refractivity (Wildman–Crippen MR) is 89.1 cm³/mol. The van der Waals surface area contributed by atoms with Gasteiger partial charge in [-0.2, -0.15) is 0 Å². The minimum atomic E-state index is -0.126. The van der Waals surface area contributed by atoms with Gasteiger partial charge in [-0.3, -0.25) is 9.59 Å². The van der Waals surface area contributed by atoms with E-state index in [1.165, 1.54) is 0 Å². The highest BCUT2D eigenvalue weighted by Crippen LogP contribution is 2.23. The number of nitrogens with one attached hydrogen (secondary N) is 2. The normalized spacial score (nSPS) is 17.7. The minimum Gasteiger partial charge on any atom is -0.354 e. The fourth-order valence-corrected chi connectivity index (χ4v) is 2.70. The van der Waals surface area contributed by atoms with Crippen LogP contribution in [0.15, 0.2) is 6.33 Å². The molecule has 128 valence electrons. The molecule has 0 fully saturated rings. The van der Waals surface area contributed by atoms with Gasteiger partial charge in [0.2, 0.25) is 5.91 Å². The average Bonchev–Trinajstić information content (AvgIpc) is 2.86. The highest BCUT2D eigenvalue weighted by molar-refractivity contribution is 5.93. The van der Waals surface area contributed by atoms with Crippen molar-refractivity contribution in [3.05, 3.63) is 17.7 Å². The molecule has 0 aromatic carbocycles. The first kappa shape index (κ1) is 17.5.